The third-order valence-electron chi connectivity index (χ3n) is 6.25. The Balaban J connectivity index is 2.20. The number of ketones is 1. The number of likely N-dealkylation sites (tertiary alicyclic amines) is 1. The Labute approximate surface area is 202 Å². The molecule has 1 amide bonds. The topological polar surface area (TPSA) is 76.1 Å². The first-order valence-electron chi connectivity index (χ1n) is 11.9. The number of benzene rings is 2. The van der Waals surface area contributed by atoms with Crippen LogP contribution in [-0.4, -0.2) is 42.0 Å². The second kappa shape index (κ2) is 10.8. The minimum absolute atomic E-state index is 0.119. The van der Waals surface area contributed by atoms with E-state index in [9.17, 15) is 14.7 Å². The van der Waals surface area contributed by atoms with Crippen molar-refractivity contribution in [3.63, 3.8) is 0 Å². The predicted molar refractivity (Wildman–Crippen MR) is 133 cm³/mol. The molecule has 1 unspecified atom stereocenters. The number of Topliss-reactive ketones (excluding diaryl/α,β-unsaturated/α-hetero) is 1. The Hall–Kier alpha value is -3.28. The highest BCUT2D eigenvalue weighted by Crippen LogP contribution is 2.41. The number of methoxy groups -OCH3 is 1. The third-order valence-corrected chi connectivity index (χ3v) is 6.25. The van der Waals surface area contributed by atoms with Crippen LogP contribution in [0.3, 0.4) is 0 Å². The van der Waals surface area contributed by atoms with Gasteiger partial charge in [-0.3, -0.25) is 9.59 Å². The molecule has 1 N–H and O–H groups in total. The van der Waals surface area contributed by atoms with Crippen molar-refractivity contribution in [1.29, 1.82) is 0 Å². The summed E-state index contributed by atoms with van der Waals surface area (Å²) in [6, 6.07) is 10.4. The van der Waals surface area contributed by atoms with Crippen LogP contribution in [0.25, 0.3) is 5.76 Å². The molecule has 34 heavy (non-hydrogen) atoms. The van der Waals surface area contributed by atoms with Crippen molar-refractivity contribution >= 4 is 17.4 Å². The van der Waals surface area contributed by atoms with E-state index >= 15 is 0 Å². The summed E-state index contributed by atoms with van der Waals surface area (Å²) in [6.45, 7) is 10.9. The number of amides is 1. The minimum Gasteiger partial charge on any atom is -0.507 e. The molecule has 2 aromatic carbocycles. The number of rotatable bonds is 9. The van der Waals surface area contributed by atoms with Gasteiger partial charge in [0.25, 0.3) is 11.7 Å². The standard InChI is InChI=1S/C28H35NO5/c1-7-9-14-29-25(19-10-12-20(13-11-19)34-8-2)24(27(31)28(29)32)26(30)22-16-21(17(3)4)23(33-6)15-18(22)5/h10-13,15-17,25,30H,7-9,14H2,1-6H3/b26-24+. The van der Waals surface area contributed by atoms with E-state index in [1.165, 1.54) is 0 Å². The van der Waals surface area contributed by atoms with E-state index in [1.807, 2.05) is 71.0 Å². The lowest BCUT2D eigenvalue weighted by Crippen LogP contribution is -2.30. The van der Waals surface area contributed by atoms with Gasteiger partial charge in [-0.25, -0.2) is 0 Å². The Morgan fingerprint density at radius 2 is 1.79 bits per heavy atom. The maximum absolute atomic E-state index is 13.2. The van der Waals surface area contributed by atoms with Gasteiger partial charge < -0.3 is 19.5 Å². The van der Waals surface area contributed by atoms with Crippen LogP contribution in [0, 0.1) is 6.92 Å². The van der Waals surface area contributed by atoms with Gasteiger partial charge in [0.15, 0.2) is 0 Å². The number of aryl methyl sites for hydroxylation is 1. The Bertz CT molecular complexity index is 1080. The molecule has 3 rings (SSSR count). The maximum Gasteiger partial charge on any atom is 0.295 e. The van der Waals surface area contributed by atoms with Gasteiger partial charge in [0, 0.05) is 12.1 Å². The van der Waals surface area contributed by atoms with Crippen LogP contribution >= 0.6 is 0 Å². The molecule has 0 spiro atoms. The Morgan fingerprint density at radius 1 is 1.12 bits per heavy atom. The molecule has 0 bridgehead atoms. The van der Waals surface area contributed by atoms with Gasteiger partial charge in [-0.05, 0) is 67.1 Å². The highest BCUT2D eigenvalue weighted by Gasteiger charge is 2.45. The normalized spacial score (nSPS) is 17.5. The summed E-state index contributed by atoms with van der Waals surface area (Å²) in [6.07, 6.45) is 1.65. The average molecular weight is 466 g/mol. The quantitative estimate of drug-likeness (QED) is 0.290. The number of aliphatic hydroxyl groups excluding tert-OH is 1. The molecule has 1 saturated heterocycles. The molecule has 182 valence electrons. The minimum atomic E-state index is -0.661. The summed E-state index contributed by atoms with van der Waals surface area (Å²) >= 11 is 0. The Morgan fingerprint density at radius 3 is 2.35 bits per heavy atom. The van der Waals surface area contributed by atoms with Crippen molar-refractivity contribution in [2.75, 3.05) is 20.3 Å². The summed E-state index contributed by atoms with van der Waals surface area (Å²) in [7, 11) is 1.62. The first-order valence-corrected chi connectivity index (χ1v) is 11.9. The van der Waals surface area contributed by atoms with Crippen LogP contribution < -0.4 is 9.47 Å². The summed E-state index contributed by atoms with van der Waals surface area (Å²) in [5, 5.41) is 11.5. The van der Waals surface area contributed by atoms with Gasteiger partial charge in [-0.1, -0.05) is 39.3 Å². The van der Waals surface area contributed by atoms with Crippen molar-refractivity contribution in [2.24, 2.45) is 0 Å². The van der Waals surface area contributed by atoms with Crippen LogP contribution in [0.4, 0.5) is 0 Å². The molecule has 1 atom stereocenters. The number of carbonyl (C=O) groups excluding carboxylic acids is 2. The highest BCUT2D eigenvalue weighted by molar-refractivity contribution is 6.46. The van der Waals surface area contributed by atoms with E-state index in [0.717, 1.165) is 35.3 Å². The van der Waals surface area contributed by atoms with Gasteiger partial charge in [-0.2, -0.15) is 0 Å². The van der Waals surface area contributed by atoms with Crippen molar-refractivity contribution in [3.05, 3.63) is 64.2 Å². The molecule has 0 saturated carbocycles. The zero-order valence-corrected chi connectivity index (χ0v) is 21.0. The molecule has 0 radical (unpaired) electrons. The van der Waals surface area contributed by atoms with Crippen molar-refractivity contribution < 1.29 is 24.2 Å². The number of hydrogen-bond donors (Lipinski definition) is 1. The molecule has 1 fully saturated rings. The molecule has 6 heteroatoms. The first kappa shape index (κ1) is 25.3. The van der Waals surface area contributed by atoms with Crippen molar-refractivity contribution in [1.82, 2.24) is 4.90 Å². The fourth-order valence-electron chi connectivity index (χ4n) is 4.43. The van der Waals surface area contributed by atoms with E-state index in [0.29, 0.717) is 24.5 Å². The van der Waals surface area contributed by atoms with E-state index in [1.54, 1.807) is 12.0 Å². The highest BCUT2D eigenvalue weighted by atomic mass is 16.5. The van der Waals surface area contributed by atoms with Crippen molar-refractivity contribution in [2.45, 2.75) is 59.4 Å². The van der Waals surface area contributed by atoms with E-state index < -0.39 is 17.7 Å². The van der Waals surface area contributed by atoms with E-state index in [-0.39, 0.29) is 17.3 Å². The second-order valence-corrected chi connectivity index (χ2v) is 8.91. The van der Waals surface area contributed by atoms with Crippen LogP contribution in [0.2, 0.25) is 0 Å². The smallest absolute Gasteiger partial charge is 0.295 e. The second-order valence-electron chi connectivity index (χ2n) is 8.91. The average Bonchev–Trinajstić information content (AvgIpc) is 3.07. The lowest BCUT2D eigenvalue weighted by atomic mass is 9.91. The SMILES string of the molecule is CCCCN1C(=O)C(=O)/C(=C(/O)c2cc(C(C)C)c(OC)cc2C)C1c1ccc(OCC)cc1. The first-order chi connectivity index (χ1) is 16.2. The zero-order valence-electron chi connectivity index (χ0n) is 21.0. The molecule has 2 aromatic rings. The Kier molecular flexibility index (Phi) is 8.02. The molecular formula is C28H35NO5. The fraction of sp³-hybridized carbons (Fsp3) is 0.429. The van der Waals surface area contributed by atoms with E-state index in [2.05, 4.69) is 0 Å². The van der Waals surface area contributed by atoms with Crippen LogP contribution in [-0.2, 0) is 9.59 Å². The number of unbranched alkanes of at least 4 members (excludes halogenated alkanes) is 1. The molecule has 1 aliphatic heterocycles. The van der Waals surface area contributed by atoms with Gasteiger partial charge in [0.1, 0.15) is 17.3 Å². The predicted octanol–water partition coefficient (Wildman–Crippen LogP) is 5.75. The number of nitrogens with zero attached hydrogens (tertiary/aromatic N) is 1. The lowest BCUT2D eigenvalue weighted by Gasteiger charge is -2.25. The van der Waals surface area contributed by atoms with Gasteiger partial charge in [-0.15, -0.1) is 0 Å². The summed E-state index contributed by atoms with van der Waals surface area (Å²) in [5.74, 6) is 0.201. The van der Waals surface area contributed by atoms with Crippen LogP contribution in [0.15, 0.2) is 42.0 Å². The molecule has 0 aliphatic carbocycles. The molecule has 0 aromatic heterocycles. The number of ether oxygens (including phenoxy) is 2. The summed E-state index contributed by atoms with van der Waals surface area (Å²) < 4.78 is 11.1. The molecule has 1 aliphatic rings. The molecular weight excluding hydrogens is 430 g/mol. The lowest BCUT2D eigenvalue weighted by molar-refractivity contribution is -0.139. The fourth-order valence-corrected chi connectivity index (χ4v) is 4.43. The number of aliphatic hydroxyl groups is 1. The van der Waals surface area contributed by atoms with Crippen molar-refractivity contribution in [3.8, 4) is 11.5 Å². The summed E-state index contributed by atoms with van der Waals surface area (Å²) in [5.41, 5.74) is 3.11. The van der Waals surface area contributed by atoms with E-state index in [4.69, 9.17) is 9.47 Å². The zero-order chi connectivity index (χ0) is 25.0. The number of carbonyl (C=O) groups is 2. The van der Waals surface area contributed by atoms with Gasteiger partial charge in [0.05, 0.1) is 25.3 Å². The monoisotopic (exact) mass is 465 g/mol. The van der Waals surface area contributed by atoms with Crippen LogP contribution in [0.5, 0.6) is 11.5 Å². The third kappa shape index (κ3) is 4.81. The summed E-state index contributed by atoms with van der Waals surface area (Å²) in [4.78, 5) is 27.9. The molecule has 1 heterocycles. The maximum atomic E-state index is 13.2. The largest absolute Gasteiger partial charge is 0.507 e. The van der Waals surface area contributed by atoms with Crippen LogP contribution in [0.1, 0.15) is 74.8 Å². The van der Waals surface area contributed by atoms with Gasteiger partial charge >= 0.3 is 0 Å². The van der Waals surface area contributed by atoms with Gasteiger partial charge in [0.2, 0.25) is 0 Å². The number of hydrogen-bond acceptors (Lipinski definition) is 5. The molecule has 6 nitrogen and oxygen atoms in total.